The molecule has 27 heavy (non-hydrogen) atoms. The zero-order valence-corrected chi connectivity index (χ0v) is 16.3. The van der Waals surface area contributed by atoms with Crippen LogP contribution in [-0.2, 0) is 14.3 Å². The number of nitrogens with zero attached hydrogens (tertiary/aromatic N) is 3. The summed E-state index contributed by atoms with van der Waals surface area (Å²) in [6.45, 7) is 3.75. The maximum absolute atomic E-state index is 12.9. The van der Waals surface area contributed by atoms with Crippen LogP contribution in [0.2, 0.25) is 0 Å². The van der Waals surface area contributed by atoms with Crippen molar-refractivity contribution in [3.8, 4) is 0 Å². The number of rotatable bonds is 5. The number of anilines is 1. The van der Waals surface area contributed by atoms with E-state index in [0.717, 1.165) is 32.5 Å². The highest BCUT2D eigenvalue weighted by Gasteiger charge is 2.35. The van der Waals surface area contributed by atoms with Crippen LogP contribution in [0.15, 0.2) is 30.3 Å². The number of methoxy groups -OCH3 is 1. The minimum absolute atomic E-state index is 0.0168. The Hall–Kier alpha value is -2.12. The van der Waals surface area contributed by atoms with E-state index in [9.17, 15) is 9.59 Å². The summed E-state index contributed by atoms with van der Waals surface area (Å²) >= 11 is 0. The molecule has 1 aromatic carbocycles. The third-order valence-corrected chi connectivity index (χ3v) is 5.44. The summed E-state index contributed by atoms with van der Waals surface area (Å²) in [4.78, 5) is 31.3. The van der Waals surface area contributed by atoms with Crippen molar-refractivity contribution in [1.82, 2.24) is 15.1 Å². The molecule has 2 aliphatic heterocycles. The number of carbonyl (C=O) groups is 2. The Morgan fingerprint density at radius 1 is 1.11 bits per heavy atom. The Bertz CT molecular complexity index is 631. The van der Waals surface area contributed by atoms with Crippen molar-refractivity contribution in [2.75, 3.05) is 58.4 Å². The van der Waals surface area contributed by atoms with Crippen molar-refractivity contribution < 1.29 is 14.3 Å². The number of amides is 2. The monoisotopic (exact) mass is 374 g/mol. The predicted molar refractivity (Wildman–Crippen MR) is 105 cm³/mol. The largest absolute Gasteiger partial charge is 0.375 e. The highest BCUT2D eigenvalue weighted by molar-refractivity contribution is 5.88. The number of nitrogens with one attached hydrogen (secondary N) is 1. The van der Waals surface area contributed by atoms with Crippen LogP contribution in [0.5, 0.6) is 0 Å². The zero-order valence-electron chi connectivity index (χ0n) is 16.3. The van der Waals surface area contributed by atoms with Gasteiger partial charge >= 0.3 is 0 Å². The maximum atomic E-state index is 12.9. The molecule has 2 aliphatic rings. The number of hydrogen-bond donors (Lipinski definition) is 1. The summed E-state index contributed by atoms with van der Waals surface area (Å²) in [6, 6.07) is 10.1. The Labute approximate surface area is 161 Å². The molecular formula is C20H30N4O3. The van der Waals surface area contributed by atoms with Gasteiger partial charge in [-0.3, -0.25) is 9.59 Å². The van der Waals surface area contributed by atoms with E-state index in [1.807, 2.05) is 25.2 Å². The van der Waals surface area contributed by atoms with E-state index in [2.05, 4.69) is 27.2 Å². The van der Waals surface area contributed by atoms with Crippen molar-refractivity contribution >= 4 is 17.5 Å². The highest BCUT2D eigenvalue weighted by Crippen LogP contribution is 2.20. The van der Waals surface area contributed by atoms with Gasteiger partial charge in [0.25, 0.3) is 0 Å². The Morgan fingerprint density at radius 3 is 2.48 bits per heavy atom. The first-order chi connectivity index (χ1) is 13.1. The number of likely N-dealkylation sites (N-methyl/N-ethyl adjacent to an activating group) is 1. The number of ether oxygens (including phenoxy) is 1. The number of hydrogen-bond acceptors (Lipinski definition) is 5. The van der Waals surface area contributed by atoms with E-state index < -0.39 is 6.04 Å². The van der Waals surface area contributed by atoms with E-state index in [0.29, 0.717) is 13.1 Å². The second kappa shape index (κ2) is 9.19. The van der Waals surface area contributed by atoms with Crippen LogP contribution in [0.1, 0.15) is 12.8 Å². The van der Waals surface area contributed by atoms with Gasteiger partial charge in [0.2, 0.25) is 11.8 Å². The predicted octanol–water partition coefficient (Wildman–Crippen LogP) is 0.561. The van der Waals surface area contributed by atoms with Gasteiger partial charge in [-0.1, -0.05) is 18.2 Å². The molecule has 0 aliphatic carbocycles. The number of benzene rings is 1. The minimum Gasteiger partial charge on any atom is -0.375 e. The molecule has 3 rings (SSSR count). The van der Waals surface area contributed by atoms with Crippen LogP contribution < -0.4 is 10.2 Å². The average Bonchev–Trinajstić information content (AvgIpc) is 2.69. The lowest BCUT2D eigenvalue weighted by Gasteiger charge is -2.40. The molecule has 2 fully saturated rings. The Balaban J connectivity index is 1.55. The molecule has 148 valence electrons. The fraction of sp³-hybridized carbons (Fsp3) is 0.600. The van der Waals surface area contributed by atoms with E-state index in [1.165, 1.54) is 12.8 Å². The van der Waals surface area contributed by atoms with E-state index >= 15 is 0 Å². The topological polar surface area (TPSA) is 65.1 Å². The quantitative estimate of drug-likeness (QED) is 0.816. The van der Waals surface area contributed by atoms with Gasteiger partial charge in [0, 0.05) is 51.6 Å². The molecule has 0 bridgehead atoms. The van der Waals surface area contributed by atoms with E-state index in [1.54, 1.807) is 4.90 Å². The van der Waals surface area contributed by atoms with Crippen LogP contribution in [0, 0.1) is 0 Å². The van der Waals surface area contributed by atoms with Gasteiger partial charge in [-0.25, -0.2) is 0 Å². The third-order valence-electron chi connectivity index (χ3n) is 5.44. The van der Waals surface area contributed by atoms with Crippen LogP contribution in [0.25, 0.3) is 0 Å². The molecule has 7 nitrogen and oxygen atoms in total. The summed E-state index contributed by atoms with van der Waals surface area (Å²) < 4.78 is 4.97. The Morgan fingerprint density at radius 2 is 1.81 bits per heavy atom. The summed E-state index contributed by atoms with van der Waals surface area (Å²) in [6.07, 6.45) is 1.82. The minimum atomic E-state index is -0.446. The standard InChI is InChI=1S/C20H30N4O3/c1-22-12-13-24(19(25)15-27-2)18(14-22)20(26)21-16-8-10-23(11-9-16)17-6-4-3-5-7-17/h3-7,16,18H,8-15H2,1-2H3,(H,21,26)/t18-/m0/s1. The summed E-state index contributed by atoms with van der Waals surface area (Å²) in [7, 11) is 3.49. The summed E-state index contributed by atoms with van der Waals surface area (Å²) in [5.74, 6) is -0.172. The van der Waals surface area contributed by atoms with Crippen LogP contribution in [0.4, 0.5) is 5.69 Å². The Kier molecular flexibility index (Phi) is 6.68. The van der Waals surface area contributed by atoms with E-state index in [-0.39, 0.29) is 24.5 Å². The first-order valence-electron chi connectivity index (χ1n) is 9.66. The van der Waals surface area contributed by atoms with Gasteiger partial charge in [0.15, 0.2) is 0 Å². The van der Waals surface area contributed by atoms with Gasteiger partial charge in [-0.2, -0.15) is 0 Å². The molecule has 2 amide bonds. The molecule has 0 unspecified atom stereocenters. The van der Waals surface area contributed by atoms with E-state index in [4.69, 9.17) is 4.74 Å². The van der Waals surface area contributed by atoms with Crippen molar-refractivity contribution in [3.63, 3.8) is 0 Å². The number of piperazine rings is 1. The lowest BCUT2D eigenvalue weighted by atomic mass is 10.0. The fourth-order valence-corrected chi connectivity index (χ4v) is 3.87. The molecule has 0 radical (unpaired) electrons. The fourth-order valence-electron chi connectivity index (χ4n) is 3.87. The molecule has 2 heterocycles. The van der Waals surface area contributed by atoms with Crippen molar-refractivity contribution in [1.29, 1.82) is 0 Å². The molecule has 0 saturated carbocycles. The molecule has 0 spiro atoms. The number of para-hydroxylation sites is 1. The second-order valence-corrected chi connectivity index (χ2v) is 7.40. The van der Waals surface area contributed by atoms with Crippen LogP contribution >= 0.6 is 0 Å². The smallest absolute Gasteiger partial charge is 0.249 e. The van der Waals surface area contributed by atoms with Crippen LogP contribution in [-0.4, -0.2) is 87.2 Å². The highest BCUT2D eigenvalue weighted by atomic mass is 16.5. The van der Waals surface area contributed by atoms with Gasteiger partial charge < -0.3 is 24.8 Å². The third kappa shape index (κ3) is 4.99. The van der Waals surface area contributed by atoms with Crippen molar-refractivity contribution in [3.05, 3.63) is 30.3 Å². The molecule has 7 heteroatoms. The summed E-state index contributed by atoms with van der Waals surface area (Å²) in [5, 5.41) is 3.18. The average molecular weight is 374 g/mol. The molecular weight excluding hydrogens is 344 g/mol. The number of piperidine rings is 1. The molecule has 1 N–H and O–H groups in total. The van der Waals surface area contributed by atoms with Crippen molar-refractivity contribution in [2.45, 2.75) is 24.9 Å². The number of carbonyl (C=O) groups excluding carboxylic acids is 2. The van der Waals surface area contributed by atoms with Crippen LogP contribution in [0.3, 0.4) is 0 Å². The molecule has 2 saturated heterocycles. The molecule has 0 aromatic heterocycles. The summed E-state index contributed by atoms with van der Waals surface area (Å²) in [5.41, 5.74) is 1.23. The molecule has 1 atom stereocenters. The SMILES string of the molecule is COCC(=O)N1CCN(C)C[C@H]1C(=O)NC1CCN(c2ccccc2)CC1. The van der Waals surface area contributed by atoms with Crippen molar-refractivity contribution in [2.24, 2.45) is 0 Å². The normalized spacial score (nSPS) is 21.9. The zero-order chi connectivity index (χ0) is 19.2. The second-order valence-electron chi connectivity index (χ2n) is 7.40. The first kappa shape index (κ1) is 19.6. The van der Waals surface area contributed by atoms with Gasteiger partial charge in [0.05, 0.1) is 0 Å². The maximum Gasteiger partial charge on any atom is 0.249 e. The lowest BCUT2D eigenvalue weighted by molar-refractivity contribution is -0.146. The first-order valence-corrected chi connectivity index (χ1v) is 9.66. The molecule has 1 aromatic rings. The lowest BCUT2D eigenvalue weighted by Crippen LogP contribution is -2.61. The van der Waals surface area contributed by atoms with Gasteiger partial charge in [0.1, 0.15) is 12.6 Å². The van der Waals surface area contributed by atoms with Gasteiger partial charge in [-0.05, 0) is 32.0 Å². The van der Waals surface area contributed by atoms with Gasteiger partial charge in [-0.15, -0.1) is 0 Å².